The molecule has 3 nitrogen and oxygen atoms in total. The fourth-order valence-electron chi connectivity index (χ4n) is 1.42. The molecule has 3 heteroatoms. The molecule has 1 aromatic carbocycles. The zero-order valence-corrected chi connectivity index (χ0v) is 9.06. The summed E-state index contributed by atoms with van der Waals surface area (Å²) in [6.07, 6.45) is 1.78. The number of para-hydroxylation sites is 1. The third kappa shape index (κ3) is 3.28. The molecule has 16 heavy (non-hydrogen) atoms. The van der Waals surface area contributed by atoms with E-state index in [1.165, 1.54) is 0 Å². The van der Waals surface area contributed by atoms with Crippen LogP contribution in [-0.4, -0.2) is 18.1 Å². The summed E-state index contributed by atoms with van der Waals surface area (Å²) in [4.78, 5) is 4.18. The van der Waals surface area contributed by atoms with Crippen LogP contribution in [0.5, 0.6) is 0 Å². The average Bonchev–Trinajstić information content (AvgIpc) is 2.37. The second-order valence-electron chi connectivity index (χ2n) is 3.43. The first kappa shape index (κ1) is 10.5. The highest BCUT2D eigenvalue weighted by Crippen LogP contribution is 2.04. The van der Waals surface area contributed by atoms with Crippen LogP contribution in [0.3, 0.4) is 0 Å². The van der Waals surface area contributed by atoms with Gasteiger partial charge in [-0.05, 0) is 24.3 Å². The minimum atomic E-state index is 0.853. The van der Waals surface area contributed by atoms with Crippen molar-refractivity contribution in [2.24, 2.45) is 0 Å². The highest BCUT2D eigenvalue weighted by Gasteiger charge is 1.91. The third-order valence-electron chi connectivity index (χ3n) is 2.20. The van der Waals surface area contributed by atoms with Gasteiger partial charge in [0, 0.05) is 25.0 Å². The maximum atomic E-state index is 4.18. The maximum absolute atomic E-state index is 4.18. The highest BCUT2D eigenvalue weighted by molar-refractivity contribution is 5.42. The number of hydrogen-bond acceptors (Lipinski definition) is 3. The lowest BCUT2D eigenvalue weighted by atomic mass is 10.3. The van der Waals surface area contributed by atoms with Gasteiger partial charge in [-0.3, -0.25) is 0 Å². The fourth-order valence-corrected chi connectivity index (χ4v) is 1.42. The van der Waals surface area contributed by atoms with Gasteiger partial charge in [-0.1, -0.05) is 24.3 Å². The standard InChI is InChI=1S/C13H15N3/c1-2-6-12(7-3-1)14-10-11-16-13-8-4-5-9-15-13/h1-9,14H,10-11H2,(H,15,16). The van der Waals surface area contributed by atoms with Crippen molar-refractivity contribution in [2.75, 3.05) is 23.7 Å². The van der Waals surface area contributed by atoms with Gasteiger partial charge in [0.2, 0.25) is 0 Å². The molecule has 0 bridgehead atoms. The molecule has 2 N–H and O–H groups in total. The molecule has 0 amide bonds. The Kier molecular flexibility index (Phi) is 3.77. The molecular formula is C13H15N3. The first-order valence-corrected chi connectivity index (χ1v) is 5.39. The van der Waals surface area contributed by atoms with Crippen LogP contribution in [0, 0.1) is 0 Å². The normalized spacial score (nSPS) is 9.75. The molecule has 0 aliphatic carbocycles. The van der Waals surface area contributed by atoms with Crippen molar-refractivity contribution in [1.29, 1.82) is 0 Å². The maximum Gasteiger partial charge on any atom is 0.125 e. The van der Waals surface area contributed by atoms with Gasteiger partial charge in [-0.25, -0.2) is 4.98 Å². The number of rotatable bonds is 5. The second-order valence-corrected chi connectivity index (χ2v) is 3.43. The van der Waals surface area contributed by atoms with Crippen LogP contribution in [0.2, 0.25) is 0 Å². The molecule has 0 fully saturated rings. The number of benzene rings is 1. The Hall–Kier alpha value is -2.03. The summed E-state index contributed by atoms with van der Waals surface area (Å²) in [6.45, 7) is 1.73. The Bertz CT molecular complexity index is 359. The molecule has 0 spiro atoms. The number of anilines is 2. The lowest BCUT2D eigenvalue weighted by Crippen LogP contribution is -2.14. The van der Waals surface area contributed by atoms with Gasteiger partial charge in [-0.2, -0.15) is 0 Å². The van der Waals surface area contributed by atoms with E-state index in [0.717, 1.165) is 24.6 Å². The lowest BCUT2D eigenvalue weighted by molar-refractivity contribution is 1.06. The smallest absolute Gasteiger partial charge is 0.125 e. The summed E-state index contributed by atoms with van der Waals surface area (Å²) in [6, 6.07) is 16.0. The number of pyridine rings is 1. The molecule has 1 aromatic heterocycles. The molecule has 2 aromatic rings. The van der Waals surface area contributed by atoms with Crippen molar-refractivity contribution in [2.45, 2.75) is 0 Å². The van der Waals surface area contributed by atoms with Gasteiger partial charge in [0.25, 0.3) is 0 Å². The quantitative estimate of drug-likeness (QED) is 0.750. The van der Waals surface area contributed by atoms with E-state index in [2.05, 4.69) is 27.8 Å². The van der Waals surface area contributed by atoms with Crippen molar-refractivity contribution in [3.8, 4) is 0 Å². The molecule has 82 valence electrons. The fraction of sp³-hybridized carbons (Fsp3) is 0.154. The van der Waals surface area contributed by atoms with Crippen LogP contribution in [0.4, 0.5) is 11.5 Å². The van der Waals surface area contributed by atoms with Crippen molar-refractivity contribution in [1.82, 2.24) is 4.98 Å². The van der Waals surface area contributed by atoms with E-state index in [0.29, 0.717) is 0 Å². The summed E-state index contributed by atoms with van der Waals surface area (Å²) in [7, 11) is 0. The number of nitrogens with zero attached hydrogens (tertiary/aromatic N) is 1. The summed E-state index contributed by atoms with van der Waals surface area (Å²) in [5.74, 6) is 0.914. The van der Waals surface area contributed by atoms with E-state index in [1.54, 1.807) is 6.20 Å². The van der Waals surface area contributed by atoms with Gasteiger partial charge in [0.15, 0.2) is 0 Å². The van der Waals surface area contributed by atoms with Crippen molar-refractivity contribution in [3.05, 3.63) is 54.7 Å². The predicted molar refractivity (Wildman–Crippen MR) is 67.7 cm³/mol. The van der Waals surface area contributed by atoms with E-state index >= 15 is 0 Å². The van der Waals surface area contributed by atoms with E-state index < -0.39 is 0 Å². The zero-order chi connectivity index (χ0) is 11.1. The van der Waals surface area contributed by atoms with Gasteiger partial charge >= 0.3 is 0 Å². The highest BCUT2D eigenvalue weighted by atomic mass is 15.0. The van der Waals surface area contributed by atoms with Crippen molar-refractivity contribution < 1.29 is 0 Å². The van der Waals surface area contributed by atoms with Crippen LogP contribution in [0.25, 0.3) is 0 Å². The van der Waals surface area contributed by atoms with Gasteiger partial charge in [-0.15, -0.1) is 0 Å². The number of nitrogens with one attached hydrogen (secondary N) is 2. The Morgan fingerprint density at radius 3 is 2.31 bits per heavy atom. The molecule has 0 saturated heterocycles. The Morgan fingerprint density at radius 1 is 0.812 bits per heavy atom. The van der Waals surface area contributed by atoms with Crippen LogP contribution in [-0.2, 0) is 0 Å². The molecule has 0 unspecified atom stereocenters. The van der Waals surface area contributed by atoms with Crippen molar-refractivity contribution in [3.63, 3.8) is 0 Å². The Morgan fingerprint density at radius 2 is 1.56 bits per heavy atom. The molecule has 1 heterocycles. The lowest BCUT2D eigenvalue weighted by Gasteiger charge is -2.07. The third-order valence-corrected chi connectivity index (χ3v) is 2.20. The van der Waals surface area contributed by atoms with E-state index in [1.807, 2.05) is 36.4 Å². The van der Waals surface area contributed by atoms with Gasteiger partial charge in [0.05, 0.1) is 0 Å². The zero-order valence-electron chi connectivity index (χ0n) is 9.06. The molecule has 0 aliphatic heterocycles. The van der Waals surface area contributed by atoms with E-state index in [4.69, 9.17) is 0 Å². The minimum Gasteiger partial charge on any atom is -0.383 e. The Labute approximate surface area is 95.5 Å². The molecule has 2 rings (SSSR count). The van der Waals surface area contributed by atoms with E-state index in [9.17, 15) is 0 Å². The van der Waals surface area contributed by atoms with Crippen LogP contribution < -0.4 is 10.6 Å². The van der Waals surface area contributed by atoms with Crippen LogP contribution in [0.1, 0.15) is 0 Å². The monoisotopic (exact) mass is 213 g/mol. The number of hydrogen-bond donors (Lipinski definition) is 2. The molecule has 0 atom stereocenters. The number of aromatic nitrogens is 1. The predicted octanol–water partition coefficient (Wildman–Crippen LogP) is 2.61. The Balaban J connectivity index is 1.70. The average molecular weight is 213 g/mol. The van der Waals surface area contributed by atoms with Gasteiger partial charge < -0.3 is 10.6 Å². The molecular weight excluding hydrogens is 198 g/mol. The SMILES string of the molecule is c1ccc(NCCNc2ccccn2)cc1. The van der Waals surface area contributed by atoms with Crippen molar-refractivity contribution >= 4 is 11.5 Å². The summed E-state index contributed by atoms with van der Waals surface area (Å²) in [5.41, 5.74) is 1.14. The largest absolute Gasteiger partial charge is 0.383 e. The van der Waals surface area contributed by atoms with Gasteiger partial charge in [0.1, 0.15) is 5.82 Å². The molecule has 0 saturated carbocycles. The first-order chi connectivity index (χ1) is 7.95. The second kappa shape index (κ2) is 5.75. The topological polar surface area (TPSA) is 37.0 Å². The van der Waals surface area contributed by atoms with E-state index in [-0.39, 0.29) is 0 Å². The van der Waals surface area contributed by atoms with Crippen LogP contribution in [0.15, 0.2) is 54.7 Å². The summed E-state index contributed by atoms with van der Waals surface area (Å²) < 4.78 is 0. The molecule has 0 radical (unpaired) electrons. The first-order valence-electron chi connectivity index (χ1n) is 5.39. The molecule has 0 aliphatic rings. The summed E-state index contributed by atoms with van der Waals surface area (Å²) >= 11 is 0. The summed E-state index contributed by atoms with van der Waals surface area (Å²) in [5, 5.41) is 6.57. The minimum absolute atomic E-state index is 0.853. The van der Waals surface area contributed by atoms with Crippen LogP contribution >= 0.6 is 0 Å².